The second kappa shape index (κ2) is 8.62. The largest absolute Gasteiger partial charge is 0.481 e. The minimum atomic E-state index is -0.709. The lowest BCUT2D eigenvalue weighted by molar-refractivity contribution is -0.143. The van der Waals surface area contributed by atoms with Crippen LogP contribution >= 0.6 is 0 Å². The normalized spacial score (nSPS) is 18.3. The van der Waals surface area contributed by atoms with Crippen LogP contribution in [0.4, 0.5) is 0 Å². The number of carbonyl (C=O) groups is 1. The fraction of sp³-hybridized carbons (Fsp3) is 0.421. The van der Waals surface area contributed by atoms with Gasteiger partial charge in [-0.1, -0.05) is 29.4 Å². The zero-order valence-corrected chi connectivity index (χ0v) is 14.9. The maximum Gasteiger partial charge on any atom is 0.307 e. The van der Waals surface area contributed by atoms with E-state index in [9.17, 15) is 4.79 Å². The molecule has 138 valence electrons. The van der Waals surface area contributed by atoms with E-state index in [-0.39, 0.29) is 5.92 Å². The van der Waals surface area contributed by atoms with Crippen LogP contribution in [0.5, 0.6) is 0 Å². The van der Waals surface area contributed by atoms with Crippen molar-refractivity contribution >= 4 is 12.2 Å². The second-order valence-electron chi connectivity index (χ2n) is 6.49. The molecule has 1 aliphatic heterocycles. The van der Waals surface area contributed by atoms with Crippen LogP contribution in [0.1, 0.15) is 18.4 Å². The Balaban J connectivity index is 1.52. The Morgan fingerprint density at radius 1 is 1.46 bits per heavy atom. The molecule has 1 unspecified atom stereocenters. The zero-order chi connectivity index (χ0) is 18.4. The van der Waals surface area contributed by atoms with Crippen LogP contribution in [0.3, 0.4) is 0 Å². The molecule has 7 nitrogen and oxygen atoms in total. The first-order valence-corrected chi connectivity index (χ1v) is 8.82. The molecule has 2 heterocycles. The molecule has 1 saturated heterocycles. The van der Waals surface area contributed by atoms with Gasteiger partial charge < -0.3 is 14.5 Å². The Kier molecular flexibility index (Phi) is 6.01. The number of aliphatic carboxylic acids is 1. The summed E-state index contributed by atoms with van der Waals surface area (Å²) in [6, 6.07) is 7.90. The minimum absolute atomic E-state index is 0.267. The van der Waals surface area contributed by atoms with E-state index in [4.69, 9.17) is 9.94 Å². The predicted molar refractivity (Wildman–Crippen MR) is 99.0 cm³/mol. The maximum atomic E-state index is 11.1. The summed E-state index contributed by atoms with van der Waals surface area (Å²) < 4.78 is 1.96. The minimum Gasteiger partial charge on any atom is -0.481 e. The molecule has 0 amide bonds. The van der Waals surface area contributed by atoms with E-state index in [0.717, 1.165) is 36.3 Å². The van der Waals surface area contributed by atoms with Crippen molar-refractivity contribution in [3.8, 4) is 11.4 Å². The molecule has 1 aliphatic rings. The number of piperidine rings is 1. The van der Waals surface area contributed by atoms with Gasteiger partial charge in [0.05, 0.1) is 12.1 Å². The number of rotatable bonds is 7. The number of oxime groups is 1. The van der Waals surface area contributed by atoms with Crippen LogP contribution < -0.4 is 0 Å². The molecule has 26 heavy (non-hydrogen) atoms. The Labute approximate surface area is 152 Å². The maximum absolute atomic E-state index is 11.1. The van der Waals surface area contributed by atoms with Gasteiger partial charge in [0.2, 0.25) is 0 Å². The van der Waals surface area contributed by atoms with Gasteiger partial charge in [0.15, 0.2) is 0 Å². The molecule has 0 radical (unpaired) electrons. The van der Waals surface area contributed by atoms with E-state index in [0.29, 0.717) is 19.7 Å². The first-order chi connectivity index (χ1) is 12.6. The molecule has 1 atom stereocenters. The number of benzene rings is 1. The molecular formula is C19H24N4O3. The molecule has 1 N–H and O–H groups in total. The summed E-state index contributed by atoms with van der Waals surface area (Å²) in [5, 5.41) is 13.2. The van der Waals surface area contributed by atoms with E-state index < -0.39 is 5.97 Å². The lowest BCUT2D eigenvalue weighted by atomic mass is 9.98. The molecule has 7 heteroatoms. The summed E-state index contributed by atoms with van der Waals surface area (Å²) in [5.41, 5.74) is 1.93. The standard InChI is InChI=1S/C19H24N4O3/c1-22-10-8-20-18(22)17-7-3-2-5-15(17)13-21-26-12-11-23-9-4-6-16(14-23)19(24)25/h2-3,5,7-8,10,13,16H,4,6,9,11-12,14H2,1H3,(H,24,25). The molecule has 1 aromatic carbocycles. The highest BCUT2D eigenvalue weighted by molar-refractivity contribution is 5.88. The molecule has 0 bridgehead atoms. The Bertz CT molecular complexity index is 772. The number of hydrogen-bond donors (Lipinski definition) is 1. The third kappa shape index (κ3) is 4.49. The average molecular weight is 356 g/mol. The fourth-order valence-corrected chi connectivity index (χ4v) is 3.22. The lowest BCUT2D eigenvalue weighted by Gasteiger charge is -2.29. The first kappa shape index (κ1) is 18.1. The van der Waals surface area contributed by atoms with Gasteiger partial charge >= 0.3 is 5.97 Å². The fourth-order valence-electron chi connectivity index (χ4n) is 3.22. The second-order valence-corrected chi connectivity index (χ2v) is 6.49. The Hall–Kier alpha value is -2.67. The highest BCUT2D eigenvalue weighted by atomic mass is 16.6. The van der Waals surface area contributed by atoms with Gasteiger partial charge in [-0.15, -0.1) is 0 Å². The molecular weight excluding hydrogens is 332 g/mol. The lowest BCUT2D eigenvalue weighted by Crippen LogP contribution is -2.40. The summed E-state index contributed by atoms with van der Waals surface area (Å²) in [5.74, 6) is -0.100. The van der Waals surface area contributed by atoms with Crippen molar-refractivity contribution in [3.05, 3.63) is 42.2 Å². The number of carboxylic acid groups (broad SMARTS) is 1. The quantitative estimate of drug-likeness (QED) is 0.467. The zero-order valence-electron chi connectivity index (χ0n) is 14.9. The van der Waals surface area contributed by atoms with Crippen LogP contribution in [0.15, 0.2) is 41.8 Å². The summed E-state index contributed by atoms with van der Waals surface area (Å²) in [7, 11) is 1.95. The molecule has 1 aromatic heterocycles. The average Bonchev–Trinajstić information content (AvgIpc) is 3.08. The van der Waals surface area contributed by atoms with E-state index >= 15 is 0 Å². The Morgan fingerprint density at radius 2 is 2.31 bits per heavy atom. The van der Waals surface area contributed by atoms with Crippen LogP contribution in [0, 0.1) is 5.92 Å². The number of carboxylic acids is 1. The monoisotopic (exact) mass is 356 g/mol. The SMILES string of the molecule is Cn1ccnc1-c1ccccc1C=NOCCN1CCCC(C(=O)O)C1. The van der Waals surface area contributed by atoms with Crippen molar-refractivity contribution in [2.24, 2.45) is 18.1 Å². The van der Waals surface area contributed by atoms with Crippen molar-refractivity contribution in [2.75, 3.05) is 26.2 Å². The summed E-state index contributed by atoms with van der Waals surface area (Å²) in [4.78, 5) is 23.0. The van der Waals surface area contributed by atoms with Crippen molar-refractivity contribution in [1.82, 2.24) is 14.5 Å². The molecule has 1 fully saturated rings. The van der Waals surface area contributed by atoms with Crippen LogP contribution in [-0.4, -0.2) is 58.0 Å². The molecule has 3 rings (SSSR count). The van der Waals surface area contributed by atoms with Crippen molar-refractivity contribution in [1.29, 1.82) is 0 Å². The van der Waals surface area contributed by atoms with E-state index in [1.165, 1.54) is 0 Å². The van der Waals surface area contributed by atoms with Gasteiger partial charge in [-0.05, 0) is 19.4 Å². The number of likely N-dealkylation sites (tertiary alicyclic amines) is 1. The van der Waals surface area contributed by atoms with Crippen molar-refractivity contribution < 1.29 is 14.7 Å². The molecule has 0 aliphatic carbocycles. The van der Waals surface area contributed by atoms with Crippen molar-refractivity contribution in [2.45, 2.75) is 12.8 Å². The third-order valence-corrected chi connectivity index (χ3v) is 4.64. The van der Waals surface area contributed by atoms with Gasteiger partial charge in [0, 0.05) is 43.7 Å². The topological polar surface area (TPSA) is 80.0 Å². The van der Waals surface area contributed by atoms with Crippen LogP contribution in [0.2, 0.25) is 0 Å². The predicted octanol–water partition coefficient (Wildman–Crippen LogP) is 2.23. The number of imidazole rings is 1. The number of aromatic nitrogens is 2. The van der Waals surface area contributed by atoms with E-state index in [1.54, 1.807) is 12.4 Å². The van der Waals surface area contributed by atoms with Gasteiger partial charge in [-0.25, -0.2) is 4.98 Å². The van der Waals surface area contributed by atoms with Crippen LogP contribution in [0.25, 0.3) is 11.4 Å². The van der Waals surface area contributed by atoms with Crippen molar-refractivity contribution in [3.63, 3.8) is 0 Å². The van der Waals surface area contributed by atoms with Gasteiger partial charge in [-0.2, -0.15) is 0 Å². The van der Waals surface area contributed by atoms with Gasteiger partial charge in [-0.3, -0.25) is 9.69 Å². The number of aryl methyl sites for hydroxylation is 1. The smallest absolute Gasteiger partial charge is 0.307 e. The van der Waals surface area contributed by atoms with Gasteiger partial charge in [0.1, 0.15) is 12.4 Å². The summed E-state index contributed by atoms with van der Waals surface area (Å²) >= 11 is 0. The van der Waals surface area contributed by atoms with Gasteiger partial charge in [0.25, 0.3) is 0 Å². The molecule has 0 spiro atoms. The first-order valence-electron chi connectivity index (χ1n) is 8.82. The molecule has 2 aromatic rings. The van der Waals surface area contributed by atoms with E-state index in [1.807, 2.05) is 42.1 Å². The van der Waals surface area contributed by atoms with Crippen LogP contribution in [-0.2, 0) is 16.7 Å². The third-order valence-electron chi connectivity index (χ3n) is 4.64. The summed E-state index contributed by atoms with van der Waals surface area (Å²) in [6.07, 6.45) is 7.04. The number of hydrogen-bond acceptors (Lipinski definition) is 5. The summed E-state index contributed by atoms with van der Waals surface area (Å²) in [6.45, 7) is 2.62. The highest BCUT2D eigenvalue weighted by Crippen LogP contribution is 2.20. The number of nitrogens with zero attached hydrogens (tertiary/aromatic N) is 4. The van der Waals surface area contributed by atoms with E-state index in [2.05, 4.69) is 15.0 Å². The Morgan fingerprint density at radius 3 is 3.08 bits per heavy atom. The molecule has 0 saturated carbocycles. The highest BCUT2D eigenvalue weighted by Gasteiger charge is 2.24.